The van der Waals surface area contributed by atoms with E-state index in [-0.39, 0.29) is 29.0 Å². The molecule has 3 heteroatoms. The molecule has 1 atom stereocenters. The predicted octanol–water partition coefficient (Wildman–Crippen LogP) is 6.23. The molecule has 3 rings (SSSR count). The Bertz CT molecular complexity index is 992. The molecule has 1 N–H and O–H groups in total. The molecule has 0 spiro atoms. The molecular formula is C28H36O3. The Morgan fingerprint density at radius 2 is 1.29 bits per heavy atom. The Labute approximate surface area is 186 Å². The van der Waals surface area contributed by atoms with Crippen LogP contribution in [0.3, 0.4) is 0 Å². The summed E-state index contributed by atoms with van der Waals surface area (Å²) in [6, 6.07) is 11.5. The van der Waals surface area contributed by atoms with Crippen molar-refractivity contribution in [3.63, 3.8) is 0 Å². The second-order valence-electron chi connectivity index (χ2n) is 10.8. The van der Waals surface area contributed by atoms with Crippen LogP contribution in [-0.4, -0.2) is 23.3 Å². The van der Waals surface area contributed by atoms with E-state index in [1.54, 1.807) is 0 Å². The molecule has 166 valence electrons. The van der Waals surface area contributed by atoms with E-state index in [1.165, 1.54) is 0 Å². The predicted molar refractivity (Wildman–Crippen MR) is 126 cm³/mol. The fourth-order valence-corrected chi connectivity index (χ4v) is 4.44. The second kappa shape index (κ2) is 8.70. The Morgan fingerprint density at radius 1 is 0.774 bits per heavy atom. The third kappa shape index (κ3) is 4.82. The van der Waals surface area contributed by atoms with Gasteiger partial charge in [0.2, 0.25) is 0 Å². The molecule has 0 fully saturated rings. The van der Waals surface area contributed by atoms with Crippen molar-refractivity contribution in [1.82, 2.24) is 0 Å². The summed E-state index contributed by atoms with van der Waals surface area (Å²) in [4.78, 5) is 26.5. The van der Waals surface area contributed by atoms with E-state index in [0.29, 0.717) is 28.2 Å². The monoisotopic (exact) mass is 420 g/mol. The molecule has 1 unspecified atom stereocenters. The highest BCUT2D eigenvalue weighted by molar-refractivity contribution is 6.28. The number of ketones is 2. The van der Waals surface area contributed by atoms with E-state index in [4.69, 9.17) is 5.11 Å². The van der Waals surface area contributed by atoms with Crippen molar-refractivity contribution in [2.75, 3.05) is 6.61 Å². The van der Waals surface area contributed by atoms with Crippen LogP contribution in [0.2, 0.25) is 0 Å². The van der Waals surface area contributed by atoms with Crippen LogP contribution in [0.25, 0.3) is 0 Å². The number of fused-ring (bicyclic) bond motifs is 2. The highest BCUT2D eigenvalue weighted by Crippen LogP contribution is 2.36. The molecule has 0 heterocycles. The first-order valence-electron chi connectivity index (χ1n) is 11.4. The lowest BCUT2D eigenvalue weighted by Crippen LogP contribution is -2.24. The molecule has 3 nitrogen and oxygen atoms in total. The number of hydrogen-bond donors (Lipinski definition) is 1. The summed E-state index contributed by atoms with van der Waals surface area (Å²) in [5.41, 5.74) is 4.05. The zero-order valence-corrected chi connectivity index (χ0v) is 19.8. The normalized spacial score (nSPS) is 14.9. The molecule has 31 heavy (non-hydrogen) atoms. The summed E-state index contributed by atoms with van der Waals surface area (Å²) < 4.78 is 0. The van der Waals surface area contributed by atoms with E-state index in [2.05, 4.69) is 41.5 Å². The first-order chi connectivity index (χ1) is 14.5. The standard InChI is InChI=1S/C28H36O3/c1-18(13-15-29)8-7-14-28(5,6)20-10-12-22-24(17-20)26(31)23-16-19(27(2,3)4)9-11-21(23)25(22)30/h9-12,16-18,29H,7-8,13-15H2,1-6H3. The minimum atomic E-state index is -0.0924. The van der Waals surface area contributed by atoms with Gasteiger partial charge in [-0.2, -0.15) is 0 Å². The van der Waals surface area contributed by atoms with Crippen molar-refractivity contribution in [3.8, 4) is 0 Å². The average Bonchev–Trinajstić information content (AvgIpc) is 2.70. The molecule has 2 aromatic carbocycles. The summed E-state index contributed by atoms with van der Waals surface area (Å²) in [6.07, 6.45) is 3.98. The van der Waals surface area contributed by atoms with Crippen LogP contribution in [0.15, 0.2) is 36.4 Å². The third-order valence-corrected chi connectivity index (χ3v) is 6.79. The maximum absolute atomic E-state index is 13.4. The molecule has 0 aromatic heterocycles. The van der Waals surface area contributed by atoms with E-state index in [9.17, 15) is 9.59 Å². The van der Waals surface area contributed by atoms with E-state index in [1.807, 2.05) is 36.4 Å². The lowest BCUT2D eigenvalue weighted by atomic mass is 9.75. The van der Waals surface area contributed by atoms with Crippen LogP contribution in [0.5, 0.6) is 0 Å². The lowest BCUT2D eigenvalue weighted by molar-refractivity contribution is 0.0978. The van der Waals surface area contributed by atoms with Gasteiger partial charge in [-0.05, 0) is 65.0 Å². The average molecular weight is 421 g/mol. The Morgan fingerprint density at radius 3 is 1.84 bits per heavy atom. The molecule has 0 saturated heterocycles. The summed E-state index contributed by atoms with van der Waals surface area (Å²) in [6.45, 7) is 13.2. The Kier molecular flexibility index (Phi) is 6.57. The summed E-state index contributed by atoms with van der Waals surface area (Å²) in [7, 11) is 0. The van der Waals surface area contributed by atoms with Crippen molar-refractivity contribution in [1.29, 1.82) is 0 Å². The van der Waals surface area contributed by atoms with Crippen LogP contribution in [0, 0.1) is 5.92 Å². The second-order valence-corrected chi connectivity index (χ2v) is 10.8. The largest absolute Gasteiger partial charge is 0.396 e. The molecule has 0 saturated carbocycles. The van der Waals surface area contributed by atoms with Gasteiger partial charge in [0.15, 0.2) is 11.6 Å². The van der Waals surface area contributed by atoms with Crippen LogP contribution in [-0.2, 0) is 10.8 Å². The SMILES string of the molecule is CC(CCO)CCCC(C)(C)c1ccc2c(c1)C(=O)c1cc(C(C)(C)C)ccc1C2=O. The van der Waals surface area contributed by atoms with Gasteiger partial charge in [-0.25, -0.2) is 0 Å². The number of aliphatic hydroxyl groups is 1. The fourth-order valence-electron chi connectivity index (χ4n) is 4.44. The van der Waals surface area contributed by atoms with Crippen LogP contribution >= 0.6 is 0 Å². The van der Waals surface area contributed by atoms with Gasteiger partial charge in [-0.1, -0.05) is 66.5 Å². The van der Waals surface area contributed by atoms with Crippen LogP contribution in [0.4, 0.5) is 0 Å². The minimum absolute atomic E-state index is 0.0510. The first kappa shape index (κ1) is 23.4. The maximum atomic E-state index is 13.4. The fraction of sp³-hybridized carbons (Fsp3) is 0.500. The van der Waals surface area contributed by atoms with Crippen molar-refractivity contribution in [2.45, 2.75) is 78.1 Å². The summed E-state index contributed by atoms with van der Waals surface area (Å²) >= 11 is 0. The molecule has 0 aliphatic heterocycles. The number of benzene rings is 2. The number of aliphatic hydroxyl groups excluding tert-OH is 1. The van der Waals surface area contributed by atoms with Gasteiger partial charge in [0, 0.05) is 28.9 Å². The number of carbonyl (C=O) groups excluding carboxylic acids is 2. The molecule has 0 radical (unpaired) electrons. The summed E-state index contributed by atoms with van der Waals surface area (Å²) in [5.74, 6) is 0.397. The Hall–Kier alpha value is -2.26. The smallest absolute Gasteiger partial charge is 0.194 e. The van der Waals surface area contributed by atoms with E-state index in [0.717, 1.165) is 36.8 Å². The molecule has 1 aliphatic rings. The van der Waals surface area contributed by atoms with Gasteiger partial charge in [0.1, 0.15) is 0 Å². The molecule has 2 aromatic rings. The van der Waals surface area contributed by atoms with Crippen LogP contribution < -0.4 is 0 Å². The highest BCUT2D eigenvalue weighted by Gasteiger charge is 2.32. The summed E-state index contributed by atoms with van der Waals surface area (Å²) in [5, 5.41) is 9.10. The van der Waals surface area contributed by atoms with Crippen molar-refractivity contribution < 1.29 is 14.7 Å². The van der Waals surface area contributed by atoms with E-state index < -0.39 is 0 Å². The van der Waals surface area contributed by atoms with Gasteiger partial charge >= 0.3 is 0 Å². The lowest BCUT2D eigenvalue weighted by Gasteiger charge is -2.28. The zero-order chi connectivity index (χ0) is 23.0. The molecule has 0 bridgehead atoms. The van der Waals surface area contributed by atoms with Crippen molar-refractivity contribution >= 4 is 11.6 Å². The third-order valence-electron chi connectivity index (χ3n) is 6.79. The van der Waals surface area contributed by atoms with E-state index >= 15 is 0 Å². The van der Waals surface area contributed by atoms with Crippen molar-refractivity contribution in [2.24, 2.45) is 5.92 Å². The zero-order valence-electron chi connectivity index (χ0n) is 19.8. The minimum Gasteiger partial charge on any atom is -0.396 e. The molecule has 0 amide bonds. The molecular weight excluding hydrogens is 384 g/mol. The number of rotatable bonds is 7. The number of carbonyl (C=O) groups is 2. The van der Waals surface area contributed by atoms with Gasteiger partial charge in [-0.15, -0.1) is 0 Å². The van der Waals surface area contributed by atoms with Gasteiger partial charge in [0.05, 0.1) is 0 Å². The molecule has 1 aliphatic carbocycles. The van der Waals surface area contributed by atoms with Gasteiger partial charge in [-0.3, -0.25) is 9.59 Å². The van der Waals surface area contributed by atoms with Gasteiger partial charge in [0.25, 0.3) is 0 Å². The van der Waals surface area contributed by atoms with Crippen LogP contribution in [0.1, 0.15) is 110 Å². The van der Waals surface area contributed by atoms with Gasteiger partial charge < -0.3 is 5.11 Å². The topological polar surface area (TPSA) is 54.4 Å². The maximum Gasteiger partial charge on any atom is 0.194 e. The first-order valence-corrected chi connectivity index (χ1v) is 11.4. The van der Waals surface area contributed by atoms with Crippen molar-refractivity contribution in [3.05, 3.63) is 69.8 Å². The quantitative estimate of drug-likeness (QED) is 0.493. The Balaban J connectivity index is 1.90. The highest BCUT2D eigenvalue weighted by atomic mass is 16.3. The number of hydrogen-bond acceptors (Lipinski definition) is 3.